The van der Waals surface area contributed by atoms with E-state index in [1.807, 2.05) is 25.2 Å². The molecule has 4 nitrogen and oxygen atoms in total. The van der Waals surface area contributed by atoms with E-state index in [9.17, 15) is 13.2 Å². The Bertz CT molecular complexity index is 1040. The number of sulfone groups is 1. The van der Waals surface area contributed by atoms with Crippen LogP contribution in [0.1, 0.15) is 17.3 Å². The highest BCUT2D eigenvalue weighted by Gasteiger charge is 2.42. The molecular formula is C18H15NO3S3. The summed E-state index contributed by atoms with van der Waals surface area (Å²) in [5, 5.41) is 0. The van der Waals surface area contributed by atoms with Gasteiger partial charge in [-0.15, -0.1) is 0 Å². The lowest BCUT2D eigenvalue weighted by atomic mass is 10.1. The summed E-state index contributed by atoms with van der Waals surface area (Å²) in [4.78, 5) is 16.8. The van der Waals surface area contributed by atoms with Crippen molar-refractivity contribution in [1.82, 2.24) is 0 Å². The smallest absolute Gasteiger partial charge is 0.212 e. The molecule has 0 amide bonds. The van der Waals surface area contributed by atoms with Gasteiger partial charge in [-0.2, -0.15) is 0 Å². The first kappa shape index (κ1) is 16.8. The van der Waals surface area contributed by atoms with E-state index in [1.165, 1.54) is 29.6 Å². The quantitative estimate of drug-likeness (QED) is 0.718. The summed E-state index contributed by atoms with van der Waals surface area (Å²) >= 11 is 2.73. The van der Waals surface area contributed by atoms with Crippen molar-refractivity contribution in [2.75, 3.05) is 18.5 Å². The normalized spacial score (nSPS) is 20.5. The van der Waals surface area contributed by atoms with E-state index in [2.05, 4.69) is 11.8 Å². The number of carbonyl (C=O) groups excluding carboxylic acids is 1. The van der Waals surface area contributed by atoms with Crippen LogP contribution >= 0.6 is 23.5 Å². The van der Waals surface area contributed by atoms with Gasteiger partial charge in [-0.3, -0.25) is 4.79 Å². The predicted octanol–water partition coefficient (Wildman–Crippen LogP) is 4.18. The molecule has 0 bridgehead atoms. The number of carbonyl (C=O) groups is 1. The molecule has 0 unspecified atom stereocenters. The highest BCUT2D eigenvalue weighted by molar-refractivity contribution is 8.25. The van der Waals surface area contributed by atoms with Gasteiger partial charge in [0.25, 0.3) is 0 Å². The summed E-state index contributed by atoms with van der Waals surface area (Å²) < 4.78 is 26.2. The third-order valence-electron chi connectivity index (χ3n) is 4.33. The fourth-order valence-electron chi connectivity index (χ4n) is 2.84. The average molecular weight is 390 g/mol. The molecule has 0 aliphatic carbocycles. The van der Waals surface area contributed by atoms with Crippen LogP contribution in [0.15, 0.2) is 66.3 Å². The second-order valence-electron chi connectivity index (χ2n) is 5.79. The van der Waals surface area contributed by atoms with Crippen LogP contribution in [0.2, 0.25) is 0 Å². The van der Waals surface area contributed by atoms with Crippen molar-refractivity contribution in [3.63, 3.8) is 0 Å². The van der Waals surface area contributed by atoms with Crippen molar-refractivity contribution in [2.45, 2.75) is 21.6 Å². The lowest BCUT2D eigenvalue weighted by Gasteiger charge is -2.17. The summed E-state index contributed by atoms with van der Waals surface area (Å²) in [7, 11) is -1.74. The summed E-state index contributed by atoms with van der Waals surface area (Å²) in [5.74, 6) is -0.399. The van der Waals surface area contributed by atoms with Gasteiger partial charge in [0, 0.05) is 34.6 Å². The fourth-order valence-corrected chi connectivity index (χ4v) is 7.62. The molecule has 2 aromatic carbocycles. The first-order valence-corrected chi connectivity index (χ1v) is 10.9. The summed E-state index contributed by atoms with van der Waals surface area (Å²) in [6.07, 6.45) is 0. The summed E-state index contributed by atoms with van der Waals surface area (Å²) in [6, 6.07) is 12.5. The third-order valence-corrected chi connectivity index (χ3v) is 8.99. The van der Waals surface area contributed by atoms with Crippen LogP contribution in [0.3, 0.4) is 0 Å². The molecule has 2 heterocycles. The Morgan fingerprint density at radius 3 is 2.48 bits per heavy atom. The van der Waals surface area contributed by atoms with Crippen LogP contribution in [-0.4, -0.2) is 27.8 Å². The molecule has 0 spiro atoms. The Kier molecular flexibility index (Phi) is 3.97. The number of hydrogen-bond donors (Lipinski definition) is 0. The van der Waals surface area contributed by atoms with E-state index >= 15 is 0 Å². The van der Waals surface area contributed by atoms with E-state index in [1.54, 1.807) is 18.2 Å². The number of allylic oxidation sites excluding steroid dienone is 1. The van der Waals surface area contributed by atoms with Crippen LogP contribution in [0.25, 0.3) is 0 Å². The van der Waals surface area contributed by atoms with Gasteiger partial charge < -0.3 is 4.90 Å². The molecule has 2 aromatic rings. The van der Waals surface area contributed by atoms with E-state index in [0.717, 1.165) is 22.0 Å². The van der Waals surface area contributed by atoms with Gasteiger partial charge in [0.1, 0.15) is 4.91 Å². The number of ketones is 1. The highest BCUT2D eigenvalue weighted by Crippen LogP contribution is 2.55. The molecule has 0 saturated heterocycles. The molecule has 4 rings (SSSR count). The maximum absolute atomic E-state index is 12.8. The number of fused-ring (bicyclic) bond motifs is 2. The molecular weight excluding hydrogens is 374 g/mol. The molecule has 0 N–H and O–H groups in total. The standard InChI is InChI=1S/C18H15NO3S3/c1-3-19(2)11-8-9-13-14(10-11)24-18(23-13)17-16(20)12-6-4-5-7-15(12)25(17,21)22/h4-10H,3H2,1-2H3. The van der Waals surface area contributed by atoms with E-state index < -0.39 is 15.6 Å². The Labute approximate surface area is 155 Å². The lowest BCUT2D eigenvalue weighted by molar-refractivity contribution is 0.104. The fraction of sp³-hybridized carbons (Fsp3) is 0.167. The number of benzene rings is 2. The largest absolute Gasteiger partial charge is 0.375 e. The number of rotatable bonds is 2. The van der Waals surface area contributed by atoms with Crippen molar-refractivity contribution in [3.8, 4) is 0 Å². The molecule has 2 aliphatic rings. The Balaban J connectivity index is 1.80. The second kappa shape index (κ2) is 5.93. The maximum Gasteiger partial charge on any atom is 0.212 e. The van der Waals surface area contributed by atoms with Crippen molar-refractivity contribution in [2.24, 2.45) is 0 Å². The second-order valence-corrected chi connectivity index (χ2v) is 10.0. The van der Waals surface area contributed by atoms with Crippen LogP contribution < -0.4 is 4.90 Å². The predicted molar refractivity (Wildman–Crippen MR) is 102 cm³/mol. The molecule has 0 saturated carbocycles. The number of thioether (sulfide) groups is 2. The van der Waals surface area contributed by atoms with Gasteiger partial charge >= 0.3 is 0 Å². The first-order valence-electron chi connectivity index (χ1n) is 7.77. The minimum Gasteiger partial charge on any atom is -0.375 e. The zero-order valence-electron chi connectivity index (χ0n) is 13.6. The van der Waals surface area contributed by atoms with E-state index in [0.29, 0.717) is 4.24 Å². The molecule has 0 atom stereocenters. The minimum atomic E-state index is -3.75. The van der Waals surface area contributed by atoms with Crippen LogP contribution in [0, 0.1) is 0 Å². The van der Waals surface area contributed by atoms with Crippen molar-refractivity contribution < 1.29 is 13.2 Å². The molecule has 2 aliphatic heterocycles. The monoisotopic (exact) mass is 389 g/mol. The minimum absolute atomic E-state index is 0.0784. The zero-order chi connectivity index (χ0) is 17.8. The van der Waals surface area contributed by atoms with Gasteiger partial charge in [0.2, 0.25) is 15.6 Å². The van der Waals surface area contributed by atoms with Crippen molar-refractivity contribution in [1.29, 1.82) is 0 Å². The van der Waals surface area contributed by atoms with Crippen LogP contribution in [-0.2, 0) is 9.84 Å². The average Bonchev–Trinajstić information content (AvgIpc) is 3.10. The molecule has 128 valence electrons. The number of hydrogen-bond acceptors (Lipinski definition) is 6. The maximum atomic E-state index is 12.8. The Morgan fingerprint density at radius 2 is 1.76 bits per heavy atom. The van der Waals surface area contributed by atoms with Crippen LogP contribution in [0.4, 0.5) is 5.69 Å². The topological polar surface area (TPSA) is 54.5 Å². The van der Waals surface area contributed by atoms with Gasteiger partial charge in [0.15, 0.2) is 0 Å². The third kappa shape index (κ3) is 2.53. The molecule has 7 heteroatoms. The Hall–Kier alpha value is -1.70. The number of Topliss-reactive ketones (excluding diaryl/α,β-unsaturated/α-hetero) is 1. The van der Waals surface area contributed by atoms with Gasteiger partial charge in [0.05, 0.1) is 9.13 Å². The first-order chi connectivity index (χ1) is 11.9. The summed E-state index contributed by atoms with van der Waals surface area (Å²) in [5.41, 5.74) is 1.35. The van der Waals surface area contributed by atoms with Crippen LogP contribution in [0.5, 0.6) is 0 Å². The van der Waals surface area contributed by atoms with Gasteiger partial charge in [-0.05, 0) is 37.3 Å². The van der Waals surface area contributed by atoms with E-state index in [4.69, 9.17) is 0 Å². The molecule has 0 aromatic heterocycles. The van der Waals surface area contributed by atoms with E-state index in [-0.39, 0.29) is 15.4 Å². The van der Waals surface area contributed by atoms with Gasteiger partial charge in [-0.25, -0.2) is 8.42 Å². The number of nitrogens with zero attached hydrogens (tertiary/aromatic N) is 1. The van der Waals surface area contributed by atoms with Gasteiger partial charge in [-0.1, -0.05) is 35.7 Å². The number of anilines is 1. The lowest BCUT2D eigenvalue weighted by Crippen LogP contribution is -2.15. The molecule has 0 radical (unpaired) electrons. The highest BCUT2D eigenvalue weighted by atomic mass is 32.2. The van der Waals surface area contributed by atoms with Crippen molar-refractivity contribution >= 4 is 44.8 Å². The molecule has 0 fully saturated rings. The zero-order valence-corrected chi connectivity index (χ0v) is 16.1. The molecule has 25 heavy (non-hydrogen) atoms. The summed E-state index contributed by atoms with van der Waals surface area (Å²) in [6.45, 7) is 2.95. The van der Waals surface area contributed by atoms with Crippen molar-refractivity contribution in [3.05, 3.63) is 57.2 Å². The Morgan fingerprint density at radius 1 is 1.04 bits per heavy atom. The SMILES string of the molecule is CCN(C)c1ccc2c(c1)SC(=C1C(=O)c3ccccc3S1(=O)=O)S2.